The fourth-order valence-corrected chi connectivity index (χ4v) is 3.24. The Morgan fingerprint density at radius 1 is 1.13 bits per heavy atom. The minimum atomic E-state index is -1.45. The molecule has 132 valence electrons. The summed E-state index contributed by atoms with van der Waals surface area (Å²) >= 11 is 1.06. The van der Waals surface area contributed by atoms with Crippen LogP contribution in [0.3, 0.4) is 0 Å². The first-order valence-corrected chi connectivity index (χ1v) is 8.32. The highest BCUT2D eigenvalue weighted by Crippen LogP contribution is 2.36. The summed E-state index contributed by atoms with van der Waals surface area (Å²) in [5, 5.41) is 11.9. The molecule has 0 aromatic heterocycles. The quantitative estimate of drug-likeness (QED) is 0.739. The molecule has 8 heteroatoms. The van der Waals surface area contributed by atoms with Crippen molar-refractivity contribution in [3.05, 3.63) is 0 Å². The Bertz CT molecular complexity index is 493. The van der Waals surface area contributed by atoms with Crippen LogP contribution in [0.1, 0.15) is 48.0 Å². The number of carboxylic acids is 1. The number of thioether (sulfide) groups is 1. The van der Waals surface area contributed by atoms with Crippen molar-refractivity contribution in [2.24, 2.45) is 0 Å². The fraction of sp³-hybridized carbons (Fsp3) is 0.800. The Morgan fingerprint density at radius 3 is 2.04 bits per heavy atom. The third-order valence-electron chi connectivity index (χ3n) is 2.74. The zero-order chi connectivity index (χ0) is 18.1. The second-order valence-electron chi connectivity index (χ2n) is 7.44. The summed E-state index contributed by atoms with van der Waals surface area (Å²) in [6.45, 7) is 10.3. The summed E-state index contributed by atoms with van der Waals surface area (Å²) in [5.41, 5.74) is -1.44. The van der Waals surface area contributed by atoms with Crippen molar-refractivity contribution in [3.8, 4) is 0 Å². The summed E-state index contributed by atoms with van der Waals surface area (Å²) in [5.74, 6) is -2.16. The van der Waals surface area contributed by atoms with Gasteiger partial charge in [-0.15, -0.1) is 11.8 Å². The zero-order valence-corrected chi connectivity index (χ0v) is 15.2. The summed E-state index contributed by atoms with van der Waals surface area (Å²) in [6, 6.07) is -0.921. The maximum atomic E-state index is 12.5. The average molecular weight is 347 g/mol. The molecule has 2 unspecified atom stereocenters. The molecule has 1 saturated heterocycles. The summed E-state index contributed by atoms with van der Waals surface area (Å²) in [4.78, 5) is 34.4. The smallest absolute Gasteiger partial charge is 0.338 e. The standard InChI is InChI=1S/C15H25NO6S/c1-13(2,3)21-10(17)7-15(12(20)22-14(4,5)6)16-9(8-23-15)11(18)19/h9,16H,7-8H2,1-6H3,(H,18,19). The van der Waals surface area contributed by atoms with E-state index in [2.05, 4.69) is 5.32 Å². The van der Waals surface area contributed by atoms with Crippen molar-refractivity contribution >= 4 is 29.7 Å². The van der Waals surface area contributed by atoms with Crippen molar-refractivity contribution in [1.82, 2.24) is 5.32 Å². The molecule has 0 saturated carbocycles. The number of carbonyl (C=O) groups excluding carboxylic acids is 2. The van der Waals surface area contributed by atoms with E-state index in [4.69, 9.17) is 14.6 Å². The average Bonchev–Trinajstić information content (AvgIpc) is 2.69. The molecule has 1 aliphatic rings. The zero-order valence-electron chi connectivity index (χ0n) is 14.4. The van der Waals surface area contributed by atoms with Crippen LogP contribution in [0.2, 0.25) is 0 Å². The van der Waals surface area contributed by atoms with Crippen molar-refractivity contribution in [2.45, 2.75) is 70.1 Å². The van der Waals surface area contributed by atoms with Gasteiger partial charge < -0.3 is 14.6 Å². The van der Waals surface area contributed by atoms with Gasteiger partial charge >= 0.3 is 17.9 Å². The Morgan fingerprint density at radius 2 is 1.65 bits per heavy atom. The first kappa shape index (κ1) is 19.8. The van der Waals surface area contributed by atoms with E-state index in [0.29, 0.717) is 0 Å². The molecule has 0 radical (unpaired) electrons. The van der Waals surface area contributed by atoms with Gasteiger partial charge in [0.25, 0.3) is 0 Å². The topological polar surface area (TPSA) is 102 Å². The van der Waals surface area contributed by atoms with Crippen LogP contribution in [0, 0.1) is 0 Å². The molecule has 1 fully saturated rings. The second kappa shape index (κ2) is 6.68. The predicted molar refractivity (Wildman–Crippen MR) is 86.1 cm³/mol. The maximum Gasteiger partial charge on any atom is 0.338 e. The number of esters is 2. The van der Waals surface area contributed by atoms with Gasteiger partial charge in [-0.3, -0.25) is 14.9 Å². The van der Waals surface area contributed by atoms with Crippen LogP contribution in [0.5, 0.6) is 0 Å². The Balaban J connectivity index is 2.97. The van der Waals surface area contributed by atoms with E-state index < -0.39 is 40.0 Å². The van der Waals surface area contributed by atoms with E-state index >= 15 is 0 Å². The van der Waals surface area contributed by atoms with Crippen molar-refractivity contribution in [3.63, 3.8) is 0 Å². The first-order valence-electron chi connectivity index (χ1n) is 7.34. The number of nitrogens with one attached hydrogen (secondary N) is 1. The van der Waals surface area contributed by atoms with Gasteiger partial charge in [-0.2, -0.15) is 0 Å². The molecule has 2 N–H and O–H groups in total. The van der Waals surface area contributed by atoms with Crippen molar-refractivity contribution < 1.29 is 29.0 Å². The fourth-order valence-electron chi connectivity index (χ4n) is 1.96. The van der Waals surface area contributed by atoms with Crippen LogP contribution < -0.4 is 5.32 Å². The molecule has 0 bridgehead atoms. The molecule has 0 aromatic carbocycles. The van der Waals surface area contributed by atoms with Gasteiger partial charge in [0.1, 0.15) is 17.2 Å². The van der Waals surface area contributed by atoms with Gasteiger partial charge in [-0.25, -0.2) is 4.79 Å². The number of carboxylic acid groups (broad SMARTS) is 1. The van der Waals surface area contributed by atoms with Gasteiger partial charge in [0.05, 0.1) is 6.42 Å². The normalized spacial score (nSPS) is 25.0. The minimum Gasteiger partial charge on any atom is -0.480 e. The van der Waals surface area contributed by atoms with Crippen LogP contribution >= 0.6 is 11.8 Å². The number of aliphatic carboxylic acids is 1. The van der Waals surface area contributed by atoms with Gasteiger partial charge in [0, 0.05) is 5.75 Å². The molecule has 1 aliphatic heterocycles. The Hall–Kier alpha value is -1.28. The van der Waals surface area contributed by atoms with Crippen molar-refractivity contribution in [2.75, 3.05) is 5.75 Å². The van der Waals surface area contributed by atoms with E-state index in [1.165, 1.54) is 0 Å². The SMILES string of the molecule is CC(C)(C)OC(=O)CC1(C(=O)OC(C)(C)C)NC(C(=O)O)CS1. The van der Waals surface area contributed by atoms with E-state index in [1.807, 2.05) is 0 Å². The number of carbonyl (C=O) groups is 3. The molecular weight excluding hydrogens is 322 g/mol. The van der Waals surface area contributed by atoms with Crippen LogP contribution in [0.15, 0.2) is 0 Å². The summed E-state index contributed by atoms with van der Waals surface area (Å²) in [6.07, 6.45) is -0.298. The van der Waals surface area contributed by atoms with E-state index in [9.17, 15) is 14.4 Å². The minimum absolute atomic E-state index is 0.164. The molecule has 7 nitrogen and oxygen atoms in total. The Labute approximate surface area is 140 Å². The Kier molecular flexibility index (Phi) is 5.74. The second-order valence-corrected chi connectivity index (χ2v) is 8.76. The maximum absolute atomic E-state index is 12.5. The van der Waals surface area contributed by atoms with Crippen LogP contribution in [-0.4, -0.2) is 50.9 Å². The molecule has 0 aromatic rings. The highest BCUT2D eigenvalue weighted by molar-refractivity contribution is 8.01. The van der Waals surface area contributed by atoms with E-state index in [0.717, 1.165) is 11.8 Å². The number of hydrogen-bond donors (Lipinski definition) is 2. The van der Waals surface area contributed by atoms with Crippen LogP contribution in [0.4, 0.5) is 0 Å². The third kappa shape index (κ3) is 6.02. The highest BCUT2D eigenvalue weighted by Gasteiger charge is 2.52. The molecule has 1 rings (SSSR count). The molecular formula is C15H25NO6S. The molecule has 23 heavy (non-hydrogen) atoms. The van der Waals surface area contributed by atoms with Gasteiger partial charge in [-0.05, 0) is 41.5 Å². The molecule has 1 heterocycles. The van der Waals surface area contributed by atoms with Crippen LogP contribution in [-0.2, 0) is 23.9 Å². The lowest BCUT2D eigenvalue weighted by Gasteiger charge is -2.31. The predicted octanol–water partition coefficient (Wildman–Crippen LogP) is 1.55. The lowest BCUT2D eigenvalue weighted by atomic mass is 10.1. The first-order chi connectivity index (χ1) is 10.2. The molecule has 0 spiro atoms. The molecule has 2 atom stereocenters. The lowest BCUT2D eigenvalue weighted by molar-refractivity contribution is -0.166. The van der Waals surface area contributed by atoms with Crippen LogP contribution in [0.25, 0.3) is 0 Å². The number of rotatable bonds is 4. The molecule has 0 aliphatic carbocycles. The molecule has 0 amide bonds. The monoisotopic (exact) mass is 347 g/mol. The third-order valence-corrected chi connectivity index (χ3v) is 4.17. The van der Waals surface area contributed by atoms with Crippen molar-refractivity contribution in [1.29, 1.82) is 0 Å². The van der Waals surface area contributed by atoms with Gasteiger partial charge in [0.2, 0.25) is 0 Å². The van der Waals surface area contributed by atoms with E-state index in [-0.39, 0.29) is 12.2 Å². The van der Waals surface area contributed by atoms with Gasteiger partial charge in [-0.1, -0.05) is 0 Å². The largest absolute Gasteiger partial charge is 0.480 e. The van der Waals surface area contributed by atoms with Gasteiger partial charge in [0.15, 0.2) is 4.87 Å². The summed E-state index contributed by atoms with van der Waals surface area (Å²) in [7, 11) is 0. The lowest BCUT2D eigenvalue weighted by Crippen LogP contribution is -2.54. The van der Waals surface area contributed by atoms with E-state index in [1.54, 1.807) is 41.5 Å². The summed E-state index contributed by atoms with van der Waals surface area (Å²) < 4.78 is 10.6. The highest BCUT2D eigenvalue weighted by atomic mass is 32.2. The number of hydrogen-bond acceptors (Lipinski definition) is 7. The number of ether oxygens (including phenoxy) is 2.